The first-order valence-electron chi connectivity index (χ1n) is 7.52. The predicted octanol–water partition coefficient (Wildman–Crippen LogP) is 2.32. The van der Waals surface area contributed by atoms with Crippen LogP contribution in [0.4, 0.5) is 0 Å². The third-order valence-electron chi connectivity index (χ3n) is 3.81. The summed E-state index contributed by atoms with van der Waals surface area (Å²) in [6.07, 6.45) is 3.87. The molecule has 1 aliphatic rings. The van der Waals surface area contributed by atoms with E-state index in [9.17, 15) is 4.79 Å². The minimum atomic E-state index is -0.199. The lowest BCUT2D eigenvalue weighted by Crippen LogP contribution is -2.29. The van der Waals surface area contributed by atoms with Gasteiger partial charge in [0.1, 0.15) is 0 Å². The standard InChI is InChI=1S/C16H20N4O/c1-2-5-12(17)14-11-6-3-4-7-13(11)19-20-15(14)16(21)18-10-8-9-10/h3-4,6-7,10,12H,2,5,8-9,17H2,1H3,(H,18,21). The SMILES string of the molecule is CCCC(N)c1c(C(=O)NC2CC2)nnc2ccccc12. The number of rotatable bonds is 5. The Morgan fingerprint density at radius 2 is 2.14 bits per heavy atom. The Labute approximate surface area is 123 Å². The monoisotopic (exact) mass is 284 g/mol. The zero-order valence-corrected chi connectivity index (χ0v) is 12.2. The molecule has 5 heteroatoms. The van der Waals surface area contributed by atoms with E-state index in [1.807, 2.05) is 24.3 Å². The topological polar surface area (TPSA) is 80.9 Å². The Balaban J connectivity index is 2.08. The van der Waals surface area contributed by atoms with Gasteiger partial charge in [-0.3, -0.25) is 4.79 Å². The van der Waals surface area contributed by atoms with Gasteiger partial charge in [-0.1, -0.05) is 31.5 Å². The molecule has 0 spiro atoms. The molecular weight excluding hydrogens is 264 g/mol. The van der Waals surface area contributed by atoms with Gasteiger partial charge in [0, 0.05) is 23.0 Å². The summed E-state index contributed by atoms with van der Waals surface area (Å²) in [5.41, 5.74) is 8.28. The highest BCUT2D eigenvalue weighted by atomic mass is 16.2. The van der Waals surface area contributed by atoms with Crippen LogP contribution in [0.2, 0.25) is 0 Å². The van der Waals surface area contributed by atoms with Gasteiger partial charge in [-0.25, -0.2) is 0 Å². The van der Waals surface area contributed by atoms with Crippen molar-refractivity contribution in [1.82, 2.24) is 15.5 Å². The molecule has 5 nitrogen and oxygen atoms in total. The third-order valence-corrected chi connectivity index (χ3v) is 3.81. The van der Waals surface area contributed by atoms with E-state index in [-0.39, 0.29) is 11.9 Å². The van der Waals surface area contributed by atoms with Crippen molar-refractivity contribution in [3.8, 4) is 0 Å². The van der Waals surface area contributed by atoms with E-state index in [1.165, 1.54) is 0 Å². The Morgan fingerprint density at radius 1 is 1.38 bits per heavy atom. The molecule has 1 fully saturated rings. The highest BCUT2D eigenvalue weighted by Gasteiger charge is 2.27. The molecule has 1 aromatic carbocycles. The van der Waals surface area contributed by atoms with E-state index in [4.69, 9.17) is 5.73 Å². The van der Waals surface area contributed by atoms with E-state index in [0.717, 1.165) is 42.1 Å². The Bertz CT molecular complexity index is 666. The first kappa shape index (κ1) is 13.9. The largest absolute Gasteiger partial charge is 0.348 e. The number of amides is 1. The van der Waals surface area contributed by atoms with Crippen LogP contribution in [0.3, 0.4) is 0 Å². The molecular formula is C16H20N4O. The molecule has 3 rings (SSSR count). The maximum absolute atomic E-state index is 12.4. The number of benzene rings is 1. The molecule has 1 atom stereocenters. The molecule has 1 saturated carbocycles. The highest BCUT2D eigenvalue weighted by Crippen LogP contribution is 2.27. The fourth-order valence-corrected chi connectivity index (χ4v) is 2.55. The lowest BCUT2D eigenvalue weighted by Gasteiger charge is -2.16. The Hall–Kier alpha value is -2.01. The van der Waals surface area contributed by atoms with Crippen LogP contribution in [0.5, 0.6) is 0 Å². The van der Waals surface area contributed by atoms with Gasteiger partial charge in [-0.05, 0) is 25.3 Å². The Kier molecular flexibility index (Phi) is 3.84. The number of hydrogen-bond acceptors (Lipinski definition) is 4. The van der Waals surface area contributed by atoms with Crippen molar-refractivity contribution < 1.29 is 4.79 Å². The molecule has 21 heavy (non-hydrogen) atoms. The summed E-state index contributed by atoms with van der Waals surface area (Å²) in [7, 11) is 0. The van der Waals surface area contributed by atoms with E-state index < -0.39 is 0 Å². The normalized spacial score (nSPS) is 15.9. The van der Waals surface area contributed by atoms with Crippen molar-refractivity contribution >= 4 is 16.8 Å². The van der Waals surface area contributed by atoms with Crippen molar-refractivity contribution in [2.24, 2.45) is 5.73 Å². The second-order valence-corrected chi connectivity index (χ2v) is 5.62. The summed E-state index contributed by atoms with van der Waals surface area (Å²) >= 11 is 0. The summed E-state index contributed by atoms with van der Waals surface area (Å²) < 4.78 is 0. The number of fused-ring (bicyclic) bond motifs is 1. The van der Waals surface area contributed by atoms with Gasteiger partial charge < -0.3 is 11.1 Å². The van der Waals surface area contributed by atoms with Crippen molar-refractivity contribution in [3.63, 3.8) is 0 Å². The molecule has 1 amide bonds. The smallest absolute Gasteiger partial charge is 0.272 e. The molecule has 0 saturated heterocycles. The van der Waals surface area contributed by atoms with E-state index in [2.05, 4.69) is 22.4 Å². The Morgan fingerprint density at radius 3 is 2.86 bits per heavy atom. The maximum atomic E-state index is 12.4. The third kappa shape index (κ3) is 2.88. The van der Waals surface area contributed by atoms with Gasteiger partial charge in [-0.2, -0.15) is 0 Å². The summed E-state index contributed by atoms with van der Waals surface area (Å²) in [6, 6.07) is 7.80. The van der Waals surface area contributed by atoms with Gasteiger partial charge in [0.2, 0.25) is 0 Å². The molecule has 1 heterocycles. The van der Waals surface area contributed by atoms with Crippen LogP contribution in [-0.4, -0.2) is 22.1 Å². The molecule has 2 aromatic rings. The minimum absolute atomic E-state index is 0.155. The van der Waals surface area contributed by atoms with Crippen LogP contribution >= 0.6 is 0 Å². The molecule has 0 aliphatic heterocycles. The van der Waals surface area contributed by atoms with Crippen molar-refractivity contribution in [2.75, 3.05) is 0 Å². The van der Waals surface area contributed by atoms with Crippen LogP contribution in [-0.2, 0) is 0 Å². The molecule has 1 unspecified atom stereocenters. The minimum Gasteiger partial charge on any atom is -0.348 e. The van der Waals surface area contributed by atoms with Crippen molar-refractivity contribution in [3.05, 3.63) is 35.5 Å². The fraction of sp³-hybridized carbons (Fsp3) is 0.438. The number of hydrogen-bond donors (Lipinski definition) is 2. The summed E-state index contributed by atoms with van der Waals surface area (Å²) in [6.45, 7) is 2.08. The second-order valence-electron chi connectivity index (χ2n) is 5.62. The molecule has 3 N–H and O–H groups in total. The van der Waals surface area contributed by atoms with E-state index in [1.54, 1.807) is 0 Å². The first-order valence-corrected chi connectivity index (χ1v) is 7.52. The van der Waals surface area contributed by atoms with Crippen molar-refractivity contribution in [1.29, 1.82) is 0 Å². The van der Waals surface area contributed by atoms with Crippen molar-refractivity contribution in [2.45, 2.75) is 44.7 Å². The summed E-state index contributed by atoms with van der Waals surface area (Å²) in [5.74, 6) is -0.155. The quantitative estimate of drug-likeness (QED) is 0.883. The molecule has 1 aliphatic carbocycles. The maximum Gasteiger partial charge on any atom is 0.272 e. The van der Waals surface area contributed by atoms with Gasteiger partial charge >= 0.3 is 0 Å². The fourth-order valence-electron chi connectivity index (χ4n) is 2.55. The van der Waals surface area contributed by atoms with Crippen LogP contribution < -0.4 is 11.1 Å². The first-order chi connectivity index (χ1) is 10.2. The van der Waals surface area contributed by atoms with Gasteiger partial charge in [0.05, 0.1) is 5.52 Å². The van der Waals surface area contributed by atoms with Gasteiger partial charge in [0.25, 0.3) is 5.91 Å². The molecule has 0 radical (unpaired) electrons. The zero-order valence-electron chi connectivity index (χ0n) is 12.2. The number of nitrogens with one attached hydrogen (secondary N) is 1. The van der Waals surface area contributed by atoms with E-state index >= 15 is 0 Å². The number of nitrogens with zero attached hydrogens (tertiary/aromatic N) is 2. The lowest BCUT2D eigenvalue weighted by molar-refractivity contribution is 0.0943. The van der Waals surface area contributed by atoms with E-state index in [0.29, 0.717) is 11.7 Å². The van der Waals surface area contributed by atoms with Crippen LogP contribution in [0, 0.1) is 0 Å². The number of aromatic nitrogens is 2. The average molecular weight is 284 g/mol. The van der Waals surface area contributed by atoms with Gasteiger partial charge in [-0.15, -0.1) is 10.2 Å². The lowest BCUT2D eigenvalue weighted by atomic mass is 9.97. The molecule has 110 valence electrons. The second kappa shape index (κ2) is 5.77. The number of nitrogens with two attached hydrogens (primary N) is 1. The summed E-state index contributed by atoms with van der Waals surface area (Å²) in [4.78, 5) is 12.4. The molecule has 1 aromatic heterocycles. The predicted molar refractivity (Wildman–Crippen MR) is 81.9 cm³/mol. The van der Waals surface area contributed by atoms with Crippen LogP contribution in [0.15, 0.2) is 24.3 Å². The summed E-state index contributed by atoms with van der Waals surface area (Å²) in [5, 5.41) is 12.2. The highest BCUT2D eigenvalue weighted by molar-refractivity contribution is 5.98. The average Bonchev–Trinajstić information content (AvgIpc) is 3.30. The molecule has 0 bridgehead atoms. The van der Waals surface area contributed by atoms with Crippen LogP contribution in [0.25, 0.3) is 10.9 Å². The number of carbonyl (C=O) groups excluding carboxylic acids is 1. The van der Waals surface area contributed by atoms with Crippen LogP contribution in [0.1, 0.15) is 54.7 Å². The van der Waals surface area contributed by atoms with Gasteiger partial charge in [0.15, 0.2) is 5.69 Å². The number of carbonyl (C=O) groups is 1. The zero-order chi connectivity index (χ0) is 14.8.